The molecule has 3 heterocycles. The largest absolute Gasteiger partial charge is 0.494 e. The Morgan fingerprint density at radius 2 is 1.52 bits per heavy atom. The number of methoxy groups -OCH3 is 1. The molecule has 0 spiro atoms. The van der Waals surface area contributed by atoms with Crippen LogP contribution in [0.15, 0.2) is 67.0 Å². The van der Waals surface area contributed by atoms with Gasteiger partial charge in [0.2, 0.25) is 0 Å². The molecule has 1 fully saturated rings. The number of rotatable bonds is 15. The van der Waals surface area contributed by atoms with Crippen LogP contribution in [0.25, 0.3) is 33.3 Å². The van der Waals surface area contributed by atoms with E-state index in [4.69, 9.17) is 37.6 Å². The molecular formula is C39H50N3O9P. The number of phosphoric acid groups is 1. The monoisotopic (exact) mass is 735 g/mol. The van der Waals surface area contributed by atoms with Gasteiger partial charge in [0, 0.05) is 36.4 Å². The van der Waals surface area contributed by atoms with Crippen LogP contribution in [0.2, 0.25) is 0 Å². The second-order valence-electron chi connectivity index (χ2n) is 14.5. The Bertz CT molecular complexity index is 1810. The first-order chi connectivity index (χ1) is 24.7. The minimum Gasteiger partial charge on any atom is -0.494 e. The van der Waals surface area contributed by atoms with Gasteiger partial charge in [-0.05, 0) is 96.6 Å². The van der Waals surface area contributed by atoms with E-state index in [1.807, 2.05) is 90.1 Å². The molecular weight excluding hydrogens is 685 g/mol. The van der Waals surface area contributed by atoms with E-state index in [0.717, 1.165) is 35.3 Å². The van der Waals surface area contributed by atoms with E-state index in [1.165, 1.54) is 7.11 Å². The van der Waals surface area contributed by atoms with Gasteiger partial charge in [0.1, 0.15) is 11.4 Å². The number of nitrogens with zero attached hydrogens (tertiary/aromatic N) is 2. The second kappa shape index (κ2) is 17.3. The second-order valence-corrected chi connectivity index (χ2v) is 16.0. The van der Waals surface area contributed by atoms with Crippen LogP contribution in [0.4, 0.5) is 0 Å². The average molecular weight is 736 g/mol. The lowest BCUT2D eigenvalue weighted by Gasteiger charge is -2.30. The molecule has 1 aliphatic rings. The van der Waals surface area contributed by atoms with Gasteiger partial charge in [-0.3, -0.25) is 23.3 Å². The highest BCUT2D eigenvalue weighted by atomic mass is 31.2. The zero-order valence-corrected chi connectivity index (χ0v) is 32.0. The van der Waals surface area contributed by atoms with Gasteiger partial charge in [0.05, 0.1) is 42.6 Å². The zero-order chi connectivity index (χ0) is 37.4. The molecule has 0 radical (unpaired) electrons. The fourth-order valence-electron chi connectivity index (χ4n) is 5.56. The number of carbonyl (C=O) groups is 1. The molecule has 1 atom stereocenters. The van der Waals surface area contributed by atoms with Crippen LogP contribution in [0.5, 0.6) is 11.5 Å². The molecule has 1 saturated heterocycles. The summed E-state index contributed by atoms with van der Waals surface area (Å²) in [5, 5.41) is 0.545. The SMILES string of the molecule is COc1c(-c2ccc(-c3ccc(OCCCCOP(=O)(OC(C)(C)C)OC(C)(C)C)cc3)cc2)nc2ccncc2c1C(=O)NOC1CCCCO1. The van der Waals surface area contributed by atoms with Gasteiger partial charge in [-0.25, -0.2) is 19.9 Å². The van der Waals surface area contributed by atoms with Gasteiger partial charge in [-0.2, -0.15) is 0 Å². The molecule has 2 aromatic heterocycles. The number of ether oxygens (including phenoxy) is 3. The van der Waals surface area contributed by atoms with E-state index in [-0.39, 0.29) is 12.2 Å². The number of nitrogens with one attached hydrogen (secondary N) is 1. The highest BCUT2D eigenvalue weighted by Crippen LogP contribution is 2.55. The number of aromatic nitrogens is 2. The molecule has 1 aliphatic heterocycles. The number of unbranched alkanes of at least 4 members (excludes halogenated alkanes) is 1. The first-order valence-corrected chi connectivity index (χ1v) is 19.1. The third-order valence-corrected chi connectivity index (χ3v) is 9.81. The van der Waals surface area contributed by atoms with Crippen molar-refractivity contribution < 1.29 is 42.0 Å². The molecule has 1 amide bonds. The Hall–Kier alpha value is -3.90. The summed E-state index contributed by atoms with van der Waals surface area (Å²) in [6.07, 6.45) is 6.70. The molecule has 52 heavy (non-hydrogen) atoms. The number of hydrogen-bond acceptors (Lipinski definition) is 11. The maximum absolute atomic E-state index is 13.5. The Kier molecular flexibility index (Phi) is 13.1. The van der Waals surface area contributed by atoms with Crippen LogP contribution in [0.3, 0.4) is 0 Å². The molecule has 1 N–H and O–H groups in total. The fraction of sp³-hybridized carbons (Fsp3) is 0.462. The van der Waals surface area contributed by atoms with Gasteiger partial charge in [-0.1, -0.05) is 36.4 Å². The summed E-state index contributed by atoms with van der Waals surface area (Å²) in [5.74, 6) is 0.586. The normalized spacial score (nSPS) is 15.4. The molecule has 12 nitrogen and oxygen atoms in total. The topological polar surface area (TPSA) is 137 Å². The quantitative estimate of drug-likeness (QED) is 0.0711. The number of hydroxylamine groups is 1. The average Bonchev–Trinajstić information content (AvgIpc) is 3.10. The number of carbonyl (C=O) groups excluding carboxylic acids is 1. The third kappa shape index (κ3) is 11.1. The van der Waals surface area contributed by atoms with Gasteiger partial charge >= 0.3 is 7.82 Å². The highest BCUT2D eigenvalue weighted by Gasteiger charge is 2.37. The van der Waals surface area contributed by atoms with Crippen LogP contribution in [-0.4, -0.2) is 60.3 Å². The lowest BCUT2D eigenvalue weighted by molar-refractivity contribution is -0.186. The highest BCUT2D eigenvalue weighted by molar-refractivity contribution is 7.48. The van der Waals surface area contributed by atoms with E-state index >= 15 is 0 Å². The van der Waals surface area contributed by atoms with Crippen LogP contribution in [0.1, 0.15) is 84.0 Å². The molecule has 0 aliphatic carbocycles. The van der Waals surface area contributed by atoms with Gasteiger partial charge in [0.15, 0.2) is 12.0 Å². The Labute approximate surface area is 306 Å². The standard InChI is InChI=1S/C39H50N3O9P/c1-38(2,3)50-52(44,51-39(4,5)6)48-25-11-10-23-46-30-19-17-28(18-20-30)27-13-15-29(16-14-27)35-36(45-7)34(31-26-40-22-21-32(31)41-35)37(43)42-49-33-12-8-9-24-47-33/h13-22,26,33H,8-12,23-25H2,1-7H3,(H,42,43). The first kappa shape index (κ1) is 39.3. The lowest BCUT2D eigenvalue weighted by atomic mass is 10.00. The lowest BCUT2D eigenvalue weighted by Crippen LogP contribution is -2.33. The maximum Gasteiger partial charge on any atom is 0.475 e. The molecule has 1 unspecified atom stereocenters. The van der Waals surface area contributed by atoms with Crippen molar-refractivity contribution in [2.24, 2.45) is 0 Å². The van der Waals surface area contributed by atoms with Crippen LogP contribution >= 0.6 is 7.82 Å². The summed E-state index contributed by atoms with van der Waals surface area (Å²) in [4.78, 5) is 28.2. The number of fused-ring (bicyclic) bond motifs is 1. The van der Waals surface area contributed by atoms with E-state index in [9.17, 15) is 9.36 Å². The molecule has 4 aromatic rings. The predicted octanol–water partition coefficient (Wildman–Crippen LogP) is 9.07. The predicted molar refractivity (Wildman–Crippen MR) is 199 cm³/mol. The van der Waals surface area contributed by atoms with E-state index in [0.29, 0.717) is 54.8 Å². The molecule has 2 aromatic carbocycles. The van der Waals surface area contributed by atoms with Crippen molar-refractivity contribution in [1.29, 1.82) is 0 Å². The Morgan fingerprint density at radius 1 is 0.885 bits per heavy atom. The van der Waals surface area contributed by atoms with Crippen LogP contribution in [0, 0.1) is 0 Å². The number of hydrogen-bond donors (Lipinski definition) is 1. The van der Waals surface area contributed by atoms with Crippen LogP contribution in [-0.2, 0) is 27.7 Å². The minimum absolute atomic E-state index is 0.221. The number of benzene rings is 2. The molecule has 280 valence electrons. The van der Waals surface area contributed by atoms with Gasteiger partial charge < -0.3 is 14.2 Å². The summed E-state index contributed by atoms with van der Waals surface area (Å²) in [6.45, 7) is 12.2. The number of amides is 1. The van der Waals surface area contributed by atoms with Crippen molar-refractivity contribution in [3.05, 3.63) is 72.6 Å². The van der Waals surface area contributed by atoms with E-state index in [1.54, 1.807) is 18.5 Å². The molecule has 0 saturated carbocycles. The molecule has 5 rings (SSSR count). The number of pyridine rings is 2. The fourth-order valence-corrected chi connectivity index (χ4v) is 7.40. The van der Waals surface area contributed by atoms with Crippen molar-refractivity contribution >= 4 is 24.6 Å². The summed E-state index contributed by atoms with van der Waals surface area (Å²) in [5.41, 5.74) is 5.38. The summed E-state index contributed by atoms with van der Waals surface area (Å²) >= 11 is 0. The number of phosphoric ester groups is 1. The zero-order valence-electron chi connectivity index (χ0n) is 31.1. The van der Waals surface area contributed by atoms with E-state index in [2.05, 4.69) is 10.5 Å². The third-order valence-electron chi connectivity index (χ3n) is 7.77. The Morgan fingerprint density at radius 3 is 2.13 bits per heavy atom. The van der Waals surface area contributed by atoms with Crippen molar-refractivity contribution in [3.63, 3.8) is 0 Å². The van der Waals surface area contributed by atoms with Crippen molar-refractivity contribution in [2.45, 2.75) is 91.1 Å². The maximum atomic E-state index is 13.5. The van der Waals surface area contributed by atoms with Crippen molar-refractivity contribution in [3.8, 4) is 33.9 Å². The van der Waals surface area contributed by atoms with Crippen LogP contribution < -0.4 is 15.0 Å². The summed E-state index contributed by atoms with van der Waals surface area (Å²) in [7, 11) is -2.22. The minimum atomic E-state index is -3.73. The van der Waals surface area contributed by atoms with Crippen molar-refractivity contribution in [2.75, 3.05) is 26.9 Å². The van der Waals surface area contributed by atoms with Gasteiger partial charge in [0.25, 0.3) is 5.91 Å². The molecule has 0 bridgehead atoms. The summed E-state index contributed by atoms with van der Waals surface area (Å²) in [6, 6.07) is 17.5. The Balaban J connectivity index is 1.20. The first-order valence-electron chi connectivity index (χ1n) is 17.6. The smallest absolute Gasteiger partial charge is 0.475 e. The van der Waals surface area contributed by atoms with Gasteiger partial charge in [-0.15, -0.1) is 0 Å². The summed E-state index contributed by atoms with van der Waals surface area (Å²) < 4.78 is 47.5. The molecule has 13 heteroatoms. The van der Waals surface area contributed by atoms with E-state index < -0.39 is 31.2 Å². The van der Waals surface area contributed by atoms with Crippen molar-refractivity contribution in [1.82, 2.24) is 15.4 Å².